The molecule has 3 N–H and O–H groups in total. The highest BCUT2D eigenvalue weighted by atomic mass is 35.5. The molecule has 0 bridgehead atoms. The van der Waals surface area contributed by atoms with Gasteiger partial charge in [0.05, 0.1) is 16.9 Å². The van der Waals surface area contributed by atoms with Crippen molar-refractivity contribution in [3.63, 3.8) is 0 Å². The summed E-state index contributed by atoms with van der Waals surface area (Å²) in [7, 11) is 0. The third-order valence-corrected chi connectivity index (χ3v) is 2.53. The molecule has 0 unspecified atom stereocenters. The van der Waals surface area contributed by atoms with Crippen molar-refractivity contribution in [1.82, 2.24) is 9.78 Å². The summed E-state index contributed by atoms with van der Waals surface area (Å²) in [4.78, 5) is 0. The van der Waals surface area contributed by atoms with Crippen molar-refractivity contribution in [1.29, 1.82) is 0 Å². The maximum Gasteiger partial charge on any atom is 0.172 e. The molecule has 0 aliphatic rings. The Labute approximate surface area is 103 Å². The van der Waals surface area contributed by atoms with E-state index in [1.54, 1.807) is 10.9 Å². The van der Waals surface area contributed by atoms with Gasteiger partial charge in [-0.2, -0.15) is 5.10 Å². The molecule has 1 heterocycles. The van der Waals surface area contributed by atoms with Crippen molar-refractivity contribution in [2.24, 2.45) is 10.9 Å². The lowest BCUT2D eigenvalue weighted by Crippen LogP contribution is -2.16. The lowest BCUT2D eigenvalue weighted by atomic mass is 10.1. The van der Waals surface area contributed by atoms with Crippen LogP contribution < -0.4 is 5.73 Å². The van der Waals surface area contributed by atoms with Crippen LogP contribution in [0.1, 0.15) is 11.1 Å². The Kier molecular flexibility index (Phi) is 3.01. The van der Waals surface area contributed by atoms with Gasteiger partial charge in [-0.05, 0) is 19.1 Å². The zero-order valence-corrected chi connectivity index (χ0v) is 9.89. The number of halogens is 1. The molecular weight excluding hydrogens is 240 g/mol. The van der Waals surface area contributed by atoms with Crippen molar-refractivity contribution < 1.29 is 5.21 Å². The number of hydrogen-bond acceptors (Lipinski definition) is 3. The number of rotatable bonds is 2. The minimum Gasteiger partial charge on any atom is -0.409 e. The fourth-order valence-electron chi connectivity index (χ4n) is 1.54. The predicted molar refractivity (Wildman–Crippen MR) is 65.8 cm³/mol. The molecule has 0 aliphatic heterocycles. The first-order chi connectivity index (χ1) is 8.11. The van der Waals surface area contributed by atoms with E-state index in [-0.39, 0.29) is 5.84 Å². The monoisotopic (exact) mass is 250 g/mol. The van der Waals surface area contributed by atoms with Crippen molar-refractivity contribution in [3.8, 4) is 5.69 Å². The average Bonchev–Trinajstić information content (AvgIpc) is 2.74. The van der Waals surface area contributed by atoms with Crippen molar-refractivity contribution in [2.45, 2.75) is 6.92 Å². The maximum atomic E-state index is 8.76. The molecule has 0 aliphatic carbocycles. The normalized spacial score (nSPS) is 11.8. The van der Waals surface area contributed by atoms with Crippen LogP contribution in [-0.2, 0) is 0 Å². The third-order valence-electron chi connectivity index (χ3n) is 2.33. The lowest BCUT2D eigenvalue weighted by Gasteiger charge is -2.09. The number of nitrogens with zero attached hydrogens (tertiary/aromatic N) is 3. The van der Waals surface area contributed by atoms with E-state index in [2.05, 4.69) is 10.3 Å². The molecule has 0 spiro atoms. The molecule has 1 aromatic carbocycles. The summed E-state index contributed by atoms with van der Waals surface area (Å²) in [6, 6.07) is 5.57. The van der Waals surface area contributed by atoms with Gasteiger partial charge in [0.15, 0.2) is 5.84 Å². The molecule has 2 aromatic rings. The Morgan fingerprint density at radius 2 is 2.29 bits per heavy atom. The van der Waals surface area contributed by atoms with Crippen LogP contribution >= 0.6 is 11.6 Å². The van der Waals surface area contributed by atoms with E-state index in [0.717, 1.165) is 5.56 Å². The SMILES string of the molecule is Cc1ccc(-n2cc(Cl)cn2)c(/C(N)=N/O)c1. The fraction of sp³-hybridized carbons (Fsp3) is 0.0909. The highest BCUT2D eigenvalue weighted by Crippen LogP contribution is 2.17. The van der Waals surface area contributed by atoms with Crippen LogP contribution in [0.5, 0.6) is 0 Å². The molecule has 0 radical (unpaired) electrons. The standard InChI is InChI=1S/C11H11ClN4O/c1-7-2-3-10(9(4-7)11(13)15-17)16-6-8(12)5-14-16/h2-6,17H,1H3,(H2,13,15). The number of oxime groups is 1. The highest BCUT2D eigenvalue weighted by Gasteiger charge is 2.10. The van der Waals surface area contributed by atoms with Gasteiger partial charge in [0, 0.05) is 11.8 Å². The predicted octanol–water partition coefficient (Wildman–Crippen LogP) is 1.93. The molecule has 0 atom stereocenters. The van der Waals surface area contributed by atoms with Gasteiger partial charge in [-0.15, -0.1) is 0 Å². The van der Waals surface area contributed by atoms with Crippen LogP contribution in [0.3, 0.4) is 0 Å². The average molecular weight is 251 g/mol. The van der Waals surface area contributed by atoms with Crippen LogP contribution in [0.4, 0.5) is 0 Å². The van der Waals surface area contributed by atoms with Gasteiger partial charge in [0.25, 0.3) is 0 Å². The number of nitrogens with two attached hydrogens (primary N) is 1. The van der Waals surface area contributed by atoms with Crippen LogP contribution in [-0.4, -0.2) is 20.8 Å². The largest absolute Gasteiger partial charge is 0.409 e. The molecule has 0 fully saturated rings. The zero-order chi connectivity index (χ0) is 12.4. The summed E-state index contributed by atoms with van der Waals surface area (Å²) < 4.78 is 1.58. The summed E-state index contributed by atoms with van der Waals surface area (Å²) in [5.41, 5.74) is 7.95. The summed E-state index contributed by atoms with van der Waals surface area (Å²) in [5.74, 6) is 0.0373. The molecule has 5 nitrogen and oxygen atoms in total. The van der Waals surface area contributed by atoms with Crippen LogP contribution in [0.2, 0.25) is 5.02 Å². The first kappa shape index (κ1) is 11.5. The van der Waals surface area contributed by atoms with Gasteiger partial charge in [0.2, 0.25) is 0 Å². The number of amidine groups is 1. The van der Waals surface area contributed by atoms with E-state index >= 15 is 0 Å². The van der Waals surface area contributed by atoms with E-state index in [0.29, 0.717) is 16.3 Å². The lowest BCUT2D eigenvalue weighted by molar-refractivity contribution is 0.318. The van der Waals surface area contributed by atoms with Gasteiger partial charge in [-0.3, -0.25) is 0 Å². The second kappa shape index (κ2) is 4.47. The molecule has 2 rings (SSSR count). The second-order valence-electron chi connectivity index (χ2n) is 3.61. The van der Waals surface area contributed by atoms with E-state index < -0.39 is 0 Å². The molecule has 0 saturated carbocycles. The summed E-state index contributed by atoms with van der Waals surface area (Å²) >= 11 is 5.81. The Bertz CT molecular complexity index is 577. The first-order valence-electron chi connectivity index (χ1n) is 4.91. The zero-order valence-electron chi connectivity index (χ0n) is 9.13. The quantitative estimate of drug-likeness (QED) is 0.370. The minimum atomic E-state index is 0.0373. The molecule has 17 heavy (non-hydrogen) atoms. The van der Waals surface area contributed by atoms with E-state index in [4.69, 9.17) is 22.5 Å². The summed E-state index contributed by atoms with van der Waals surface area (Å²) in [6.45, 7) is 1.92. The van der Waals surface area contributed by atoms with Gasteiger partial charge in [-0.25, -0.2) is 4.68 Å². The molecule has 6 heteroatoms. The van der Waals surface area contributed by atoms with Crippen molar-refractivity contribution >= 4 is 17.4 Å². The van der Waals surface area contributed by atoms with E-state index in [1.165, 1.54) is 6.20 Å². The number of aromatic nitrogens is 2. The van der Waals surface area contributed by atoms with Gasteiger partial charge in [0.1, 0.15) is 0 Å². The van der Waals surface area contributed by atoms with E-state index in [9.17, 15) is 0 Å². The Balaban J connectivity index is 2.61. The number of hydrogen-bond donors (Lipinski definition) is 2. The smallest absolute Gasteiger partial charge is 0.172 e. The summed E-state index contributed by atoms with van der Waals surface area (Å²) in [5, 5.41) is 16.4. The molecule has 0 saturated heterocycles. The van der Waals surface area contributed by atoms with Crippen LogP contribution in [0.15, 0.2) is 35.7 Å². The number of aryl methyl sites for hydroxylation is 1. The minimum absolute atomic E-state index is 0.0373. The van der Waals surface area contributed by atoms with Crippen LogP contribution in [0, 0.1) is 6.92 Å². The van der Waals surface area contributed by atoms with Gasteiger partial charge >= 0.3 is 0 Å². The molecular formula is C11H11ClN4O. The Hall–Kier alpha value is -2.01. The topological polar surface area (TPSA) is 76.4 Å². The first-order valence-corrected chi connectivity index (χ1v) is 5.28. The Morgan fingerprint density at radius 3 is 2.88 bits per heavy atom. The Morgan fingerprint density at radius 1 is 1.53 bits per heavy atom. The maximum absolute atomic E-state index is 8.76. The number of benzene rings is 1. The molecule has 88 valence electrons. The highest BCUT2D eigenvalue weighted by molar-refractivity contribution is 6.30. The van der Waals surface area contributed by atoms with Crippen LogP contribution in [0.25, 0.3) is 5.69 Å². The van der Waals surface area contributed by atoms with Crippen molar-refractivity contribution in [3.05, 3.63) is 46.7 Å². The molecule has 0 amide bonds. The molecule has 1 aromatic heterocycles. The third kappa shape index (κ3) is 2.24. The second-order valence-corrected chi connectivity index (χ2v) is 4.05. The van der Waals surface area contributed by atoms with E-state index in [1.807, 2.05) is 25.1 Å². The van der Waals surface area contributed by atoms with Gasteiger partial charge in [-0.1, -0.05) is 28.4 Å². The van der Waals surface area contributed by atoms with Crippen molar-refractivity contribution in [2.75, 3.05) is 0 Å². The van der Waals surface area contributed by atoms with Gasteiger partial charge < -0.3 is 10.9 Å². The fourth-order valence-corrected chi connectivity index (χ4v) is 1.68. The summed E-state index contributed by atoms with van der Waals surface area (Å²) in [6.07, 6.45) is 3.18.